The average Bonchev–Trinajstić information content (AvgIpc) is 3.09. The van der Waals surface area contributed by atoms with Crippen LogP contribution in [-0.2, 0) is 0 Å². The predicted molar refractivity (Wildman–Crippen MR) is 90.8 cm³/mol. The third-order valence-electron chi connectivity index (χ3n) is 4.94. The maximum atomic E-state index is 12.7. The fourth-order valence-electron chi connectivity index (χ4n) is 3.53. The minimum Gasteiger partial charge on any atom is -0.454 e. The van der Waals surface area contributed by atoms with Crippen molar-refractivity contribution in [3.8, 4) is 11.5 Å². The highest BCUT2D eigenvalue weighted by Crippen LogP contribution is 2.37. The van der Waals surface area contributed by atoms with E-state index >= 15 is 0 Å². The first kappa shape index (κ1) is 15.9. The molecule has 0 radical (unpaired) electrons. The number of piperidine rings is 1. The average molecular weight is 340 g/mol. The molecule has 2 aliphatic rings. The van der Waals surface area contributed by atoms with Gasteiger partial charge in [0.05, 0.1) is 6.10 Å². The van der Waals surface area contributed by atoms with Gasteiger partial charge in [-0.05, 0) is 42.7 Å². The molecule has 0 aliphatic carbocycles. The summed E-state index contributed by atoms with van der Waals surface area (Å²) in [6.45, 7) is 3.03. The van der Waals surface area contributed by atoms with Gasteiger partial charge >= 0.3 is 0 Å². The van der Waals surface area contributed by atoms with Crippen molar-refractivity contribution in [3.05, 3.63) is 53.3 Å². The Balaban J connectivity index is 1.49. The van der Waals surface area contributed by atoms with Gasteiger partial charge in [0.15, 0.2) is 11.5 Å². The lowest BCUT2D eigenvalue weighted by atomic mass is 9.86. The number of ether oxygens (including phenoxy) is 2. The number of aliphatic hydroxyl groups excluding tert-OH is 1. The predicted octanol–water partition coefficient (Wildman–Crippen LogP) is 2.11. The largest absolute Gasteiger partial charge is 0.454 e. The Hall–Kier alpha value is -2.60. The topological polar surface area (TPSA) is 71.9 Å². The van der Waals surface area contributed by atoms with Crippen molar-refractivity contribution >= 4 is 5.91 Å². The fourth-order valence-corrected chi connectivity index (χ4v) is 3.53. The molecule has 1 aromatic carbocycles. The van der Waals surface area contributed by atoms with Gasteiger partial charge in [-0.1, -0.05) is 6.07 Å². The van der Waals surface area contributed by atoms with Crippen LogP contribution in [0.2, 0.25) is 0 Å². The molecule has 2 aliphatic heterocycles. The summed E-state index contributed by atoms with van der Waals surface area (Å²) < 4.78 is 10.8. The summed E-state index contributed by atoms with van der Waals surface area (Å²) in [5, 5.41) is 10.6. The monoisotopic (exact) mass is 340 g/mol. The molecule has 6 heteroatoms. The summed E-state index contributed by atoms with van der Waals surface area (Å²) in [6.07, 6.45) is 3.40. The van der Waals surface area contributed by atoms with Gasteiger partial charge in [-0.3, -0.25) is 9.78 Å². The van der Waals surface area contributed by atoms with E-state index in [9.17, 15) is 9.90 Å². The number of hydrogen-bond acceptors (Lipinski definition) is 5. The molecule has 2 atom stereocenters. The van der Waals surface area contributed by atoms with E-state index in [0.717, 1.165) is 22.6 Å². The summed E-state index contributed by atoms with van der Waals surface area (Å²) >= 11 is 0. The zero-order chi connectivity index (χ0) is 17.4. The number of benzene rings is 1. The lowest BCUT2D eigenvalue weighted by Crippen LogP contribution is -2.45. The number of carbonyl (C=O) groups is 1. The van der Waals surface area contributed by atoms with Crippen molar-refractivity contribution in [3.63, 3.8) is 0 Å². The Morgan fingerprint density at radius 3 is 2.92 bits per heavy atom. The molecule has 3 heterocycles. The first-order valence-electron chi connectivity index (χ1n) is 8.41. The fraction of sp³-hybridized carbons (Fsp3) is 0.368. The van der Waals surface area contributed by atoms with Gasteiger partial charge in [0, 0.05) is 37.0 Å². The molecule has 0 bridgehead atoms. The van der Waals surface area contributed by atoms with E-state index in [2.05, 4.69) is 4.98 Å². The Kier molecular flexibility index (Phi) is 4.05. The number of rotatable bonds is 2. The SMILES string of the molecule is Cc1cnccc1C(=O)N1CC[C@@H](c2ccc3c(c2)OCO3)[C@H](O)C1. The maximum absolute atomic E-state index is 12.7. The number of aromatic nitrogens is 1. The molecule has 0 saturated carbocycles. The van der Waals surface area contributed by atoms with Crippen LogP contribution >= 0.6 is 0 Å². The van der Waals surface area contributed by atoms with Gasteiger partial charge < -0.3 is 19.5 Å². The zero-order valence-corrected chi connectivity index (χ0v) is 14.0. The van der Waals surface area contributed by atoms with Crippen LogP contribution in [0.3, 0.4) is 0 Å². The second-order valence-corrected chi connectivity index (χ2v) is 6.52. The van der Waals surface area contributed by atoms with Crippen molar-refractivity contribution in [2.75, 3.05) is 19.9 Å². The van der Waals surface area contributed by atoms with Crippen molar-refractivity contribution in [2.45, 2.75) is 25.4 Å². The van der Waals surface area contributed by atoms with Gasteiger partial charge in [0.2, 0.25) is 6.79 Å². The lowest BCUT2D eigenvalue weighted by molar-refractivity contribution is 0.0381. The third kappa shape index (κ3) is 2.93. The molecule has 1 saturated heterocycles. The number of pyridine rings is 1. The Labute approximate surface area is 146 Å². The van der Waals surface area contributed by atoms with Crippen LogP contribution < -0.4 is 9.47 Å². The highest BCUT2D eigenvalue weighted by Gasteiger charge is 2.32. The van der Waals surface area contributed by atoms with E-state index in [-0.39, 0.29) is 18.6 Å². The van der Waals surface area contributed by atoms with E-state index in [0.29, 0.717) is 25.1 Å². The van der Waals surface area contributed by atoms with E-state index in [1.54, 1.807) is 23.4 Å². The molecule has 6 nitrogen and oxygen atoms in total. The second-order valence-electron chi connectivity index (χ2n) is 6.52. The first-order chi connectivity index (χ1) is 12.1. The smallest absolute Gasteiger partial charge is 0.254 e. The quantitative estimate of drug-likeness (QED) is 0.906. The van der Waals surface area contributed by atoms with Crippen molar-refractivity contribution in [1.29, 1.82) is 0 Å². The van der Waals surface area contributed by atoms with Crippen molar-refractivity contribution in [2.24, 2.45) is 0 Å². The molecule has 4 rings (SSSR count). The molecular formula is C19H20N2O4. The summed E-state index contributed by atoms with van der Waals surface area (Å²) in [7, 11) is 0. The van der Waals surface area contributed by atoms with Crippen molar-refractivity contribution in [1.82, 2.24) is 9.88 Å². The van der Waals surface area contributed by atoms with E-state index in [1.807, 2.05) is 25.1 Å². The molecule has 0 spiro atoms. The number of aliphatic hydroxyl groups is 1. The minimum absolute atomic E-state index is 0.0166. The van der Waals surface area contributed by atoms with Gasteiger partial charge in [-0.15, -0.1) is 0 Å². The number of nitrogens with zero attached hydrogens (tertiary/aromatic N) is 2. The van der Waals surface area contributed by atoms with Gasteiger partial charge in [-0.2, -0.15) is 0 Å². The van der Waals surface area contributed by atoms with Crippen LogP contribution in [0.25, 0.3) is 0 Å². The summed E-state index contributed by atoms with van der Waals surface area (Å²) in [5.41, 5.74) is 2.51. The van der Waals surface area contributed by atoms with Crippen molar-refractivity contribution < 1.29 is 19.4 Å². The summed E-state index contributed by atoms with van der Waals surface area (Å²) in [6, 6.07) is 7.50. The van der Waals surface area contributed by atoms with Crippen LogP contribution in [0, 0.1) is 6.92 Å². The van der Waals surface area contributed by atoms with Gasteiger partial charge in [0.1, 0.15) is 0 Å². The van der Waals surface area contributed by atoms with Crippen LogP contribution in [0.4, 0.5) is 0 Å². The summed E-state index contributed by atoms with van der Waals surface area (Å²) in [4.78, 5) is 18.5. The molecule has 1 fully saturated rings. The number of fused-ring (bicyclic) bond motifs is 1. The van der Waals surface area contributed by atoms with Crippen LogP contribution in [0.15, 0.2) is 36.7 Å². The molecule has 130 valence electrons. The Morgan fingerprint density at radius 2 is 2.12 bits per heavy atom. The number of likely N-dealkylation sites (tertiary alicyclic amines) is 1. The van der Waals surface area contributed by atoms with Gasteiger partial charge in [0.25, 0.3) is 5.91 Å². The number of hydrogen-bond donors (Lipinski definition) is 1. The maximum Gasteiger partial charge on any atom is 0.254 e. The number of aryl methyl sites for hydroxylation is 1. The minimum atomic E-state index is -0.611. The molecule has 2 aromatic rings. The zero-order valence-electron chi connectivity index (χ0n) is 14.0. The van der Waals surface area contributed by atoms with E-state index in [4.69, 9.17) is 9.47 Å². The highest BCUT2D eigenvalue weighted by molar-refractivity contribution is 5.95. The second kappa shape index (κ2) is 6.37. The molecular weight excluding hydrogens is 320 g/mol. The van der Waals surface area contributed by atoms with Crippen LogP contribution in [-0.4, -0.2) is 46.9 Å². The Bertz CT molecular complexity index is 808. The van der Waals surface area contributed by atoms with Crippen LogP contribution in [0.5, 0.6) is 11.5 Å². The molecule has 1 aromatic heterocycles. The third-order valence-corrected chi connectivity index (χ3v) is 4.94. The standard InChI is InChI=1S/C19H20N2O4/c1-12-9-20-6-4-14(12)19(23)21-7-5-15(16(22)10-21)13-2-3-17-18(8-13)25-11-24-17/h2-4,6,8-9,15-16,22H,5,7,10-11H2,1H3/t15-,16+/m0/s1. The van der Waals surface area contributed by atoms with E-state index in [1.165, 1.54) is 0 Å². The van der Waals surface area contributed by atoms with Gasteiger partial charge in [-0.25, -0.2) is 0 Å². The molecule has 25 heavy (non-hydrogen) atoms. The number of β-amino-alcohol motifs (C(OH)–C–C–N with tert-alkyl or cyclic N) is 1. The highest BCUT2D eigenvalue weighted by atomic mass is 16.7. The van der Waals surface area contributed by atoms with Crippen LogP contribution in [0.1, 0.15) is 33.8 Å². The Morgan fingerprint density at radius 1 is 1.28 bits per heavy atom. The van der Waals surface area contributed by atoms with E-state index < -0.39 is 6.10 Å². The molecule has 1 amide bonds. The number of amides is 1. The number of carbonyl (C=O) groups excluding carboxylic acids is 1. The molecule has 1 N–H and O–H groups in total. The molecule has 0 unspecified atom stereocenters. The normalized spacial score (nSPS) is 22.1. The summed E-state index contributed by atoms with van der Waals surface area (Å²) in [5.74, 6) is 1.38. The lowest BCUT2D eigenvalue weighted by Gasteiger charge is -2.36. The first-order valence-corrected chi connectivity index (χ1v) is 8.41.